The number of aromatic carboxylic acids is 1. The number of carboxylic acid groups (broad SMARTS) is 1. The van der Waals surface area contributed by atoms with Crippen LogP contribution in [0.15, 0.2) is 47.0 Å². The van der Waals surface area contributed by atoms with Crippen molar-refractivity contribution in [3.05, 3.63) is 80.9 Å². The lowest BCUT2D eigenvalue weighted by atomic mass is 10.0. The number of amides is 3. The van der Waals surface area contributed by atoms with Gasteiger partial charge in [0.05, 0.1) is 17.3 Å². The molecule has 0 fully saturated rings. The second-order valence-electron chi connectivity index (χ2n) is 9.24. The third-order valence-electron chi connectivity index (χ3n) is 6.69. The quantitative estimate of drug-likeness (QED) is 0.256. The second kappa shape index (κ2) is 9.89. The molecule has 40 heavy (non-hydrogen) atoms. The van der Waals surface area contributed by atoms with Gasteiger partial charge in [0, 0.05) is 6.54 Å². The summed E-state index contributed by atoms with van der Waals surface area (Å²) < 4.78 is 11.6. The fraction of sp³-hybridized carbons (Fsp3) is 0.192. The number of nitrogens with zero attached hydrogens (tertiary/aromatic N) is 3. The van der Waals surface area contributed by atoms with E-state index in [0.29, 0.717) is 29.8 Å². The molecule has 1 atom stereocenters. The van der Waals surface area contributed by atoms with Gasteiger partial charge in [0.1, 0.15) is 17.1 Å². The number of hydrogen-bond donors (Lipinski definition) is 4. The van der Waals surface area contributed by atoms with E-state index in [1.165, 1.54) is 16.5 Å². The van der Waals surface area contributed by atoms with Gasteiger partial charge in [-0.1, -0.05) is 12.1 Å². The molecule has 0 unspecified atom stereocenters. The molecule has 0 saturated carbocycles. The number of aryl methyl sites for hydroxylation is 1. The summed E-state index contributed by atoms with van der Waals surface area (Å²) in [5, 5.41) is 21.4. The van der Waals surface area contributed by atoms with Crippen LogP contribution < -0.4 is 20.7 Å². The highest BCUT2D eigenvalue weighted by Gasteiger charge is 2.27. The number of carbonyl (C=O) groups excluding carboxylic acids is 3. The van der Waals surface area contributed by atoms with Crippen molar-refractivity contribution in [2.75, 3.05) is 11.9 Å². The first-order chi connectivity index (χ1) is 19.3. The zero-order valence-electron chi connectivity index (χ0n) is 20.6. The van der Waals surface area contributed by atoms with E-state index in [-0.39, 0.29) is 52.7 Å². The molecule has 6 rings (SSSR count). The van der Waals surface area contributed by atoms with E-state index in [9.17, 15) is 24.3 Å². The number of anilines is 1. The number of nitrogens with one attached hydrogen (secondary N) is 3. The van der Waals surface area contributed by atoms with E-state index in [4.69, 9.17) is 21.5 Å². The van der Waals surface area contributed by atoms with Crippen LogP contribution in [0.2, 0.25) is 0 Å². The van der Waals surface area contributed by atoms with Crippen LogP contribution in [0.3, 0.4) is 0 Å². The van der Waals surface area contributed by atoms with Gasteiger partial charge < -0.3 is 30.3 Å². The summed E-state index contributed by atoms with van der Waals surface area (Å²) in [6.45, 7) is 0.0524. The van der Waals surface area contributed by atoms with Crippen LogP contribution in [0.5, 0.6) is 5.75 Å². The number of aromatic nitrogens is 3. The normalized spacial score (nSPS) is 15.5. The first-order valence-corrected chi connectivity index (χ1v) is 12.6. The molecule has 4 N–H and O–H groups in total. The van der Waals surface area contributed by atoms with Crippen molar-refractivity contribution < 1.29 is 33.5 Å². The highest BCUT2D eigenvalue weighted by atomic mass is 32.1. The molecule has 0 saturated heterocycles. The Labute approximate surface area is 230 Å². The zero-order valence-corrected chi connectivity index (χ0v) is 21.4. The lowest BCUT2D eigenvalue weighted by molar-refractivity contribution is -0.118. The number of carbonyl (C=O) groups is 4. The van der Waals surface area contributed by atoms with Crippen molar-refractivity contribution in [2.24, 2.45) is 0 Å². The van der Waals surface area contributed by atoms with Crippen LogP contribution in [0.4, 0.5) is 5.69 Å². The third kappa shape index (κ3) is 4.64. The van der Waals surface area contributed by atoms with Crippen LogP contribution in [0.25, 0.3) is 5.78 Å². The fourth-order valence-electron chi connectivity index (χ4n) is 4.78. The highest BCUT2D eigenvalue weighted by Crippen LogP contribution is 2.32. The van der Waals surface area contributed by atoms with Crippen LogP contribution in [0, 0.1) is 4.84 Å². The van der Waals surface area contributed by atoms with E-state index in [0.717, 1.165) is 11.1 Å². The minimum Gasteiger partial charge on any atom is -0.482 e. The summed E-state index contributed by atoms with van der Waals surface area (Å²) in [7, 11) is 0. The Hall–Kier alpha value is -5.11. The van der Waals surface area contributed by atoms with E-state index in [1.807, 2.05) is 0 Å². The topological polar surface area (TPSA) is 177 Å². The number of rotatable bonds is 6. The largest absolute Gasteiger partial charge is 0.482 e. The Morgan fingerprint density at radius 2 is 2.00 bits per heavy atom. The average molecular weight is 561 g/mol. The summed E-state index contributed by atoms with van der Waals surface area (Å²) in [6, 6.07) is 10.9. The molecule has 2 aromatic heterocycles. The predicted octanol–water partition coefficient (Wildman–Crippen LogP) is 2.43. The number of carboxylic acids is 1. The van der Waals surface area contributed by atoms with Crippen molar-refractivity contribution in [3.8, 4) is 5.75 Å². The SMILES string of the molecule is O=C1COc2ccc(CNC(=O)c3cc(C(=O)N[C@H]4CCc5cc(C(=O)O)ccc54)n4c(=S)onc4n3)cc2N1. The van der Waals surface area contributed by atoms with Crippen molar-refractivity contribution in [3.63, 3.8) is 0 Å². The van der Waals surface area contributed by atoms with Crippen molar-refractivity contribution in [2.45, 2.75) is 25.4 Å². The van der Waals surface area contributed by atoms with Crippen LogP contribution in [-0.2, 0) is 17.8 Å². The molecular weight excluding hydrogens is 540 g/mol. The van der Waals surface area contributed by atoms with Gasteiger partial charge in [-0.3, -0.25) is 14.4 Å². The molecule has 13 nitrogen and oxygen atoms in total. The van der Waals surface area contributed by atoms with E-state index in [1.54, 1.807) is 30.3 Å². The predicted molar refractivity (Wildman–Crippen MR) is 140 cm³/mol. The first-order valence-electron chi connectivity index (χ1n) is 12.2. The van der Waals surface area contributed by atoms with Gasteiger partial charge in [0.2, 0.25) is 0 Å². The zero-order chi connectivity index (χ0) is 28.0. The summed E-state index contributed by atoms with van der Waals surface area (Å²) in [5.41, 5.74) is 2.98. The molecule has 0 spiro atoms. The number of fused-ring (bicyclic) bond motifs is 3. The van der Waals surface area contributed by atoms with Gasteiger partial charge in [-0.15, -0.1) is 0 Å². The number of ether oxygens (including phenoxy) is 1. The van der Waals surface area contributed by atoms with Crippen LogP contribution in [0.1, 0.15) is 60.5 Å². The minimum atomic E-state index is -1.02. The smallest absolute Gasteiger partial charge is 0.335 e. The standard InChI is InChI=1S/C26H20N6O7S/c33-21-11-38-20-6-1-12(7-17(20)28-21)10-27-22(34)18-9-19(32-25(30-18)31-39-26(32)40)23(35)29-16-5-3-13-8-14(24(36)37)2-4-15(13)16/h1-2,4,6-9,16H,3,5,10-11H2,(H,27,34)(H,28,33)(H,29,35)(H,36,37)/t16-/m0/s1. The van der Waals surface area contributed by atoms with Gasteiger partial charge in [0.25, 0.3) is 23.5 Å². The molecule has 0 radical (unpaired) electrons. The molecule has 1 aliphatic carbocycles. The maximum absolute atomic E-state index is 13.4. The molecule has 14 heteroatoms. The average Bonchev–Trinajstić information content (AvgIpc) is 3.53. The van der Waals surface area contributed by atoms with Gasteiger partial charge in [-0.25, -0.2) is 14.2 Å². The molecule has 2 aromatic carbocycles. The van der Waals surface area contributed by atoms with Gasteiger partial charge in [-0.05, 0) is 77.2 Å². The molecule has 2 aliphatic rings. The molecular formula is C26H20N6O7S. The molecule has 202 valence electrons. The van der Waals surface area contributed by atoms with Crippen molar-refractivity contribution in [1.82, 2.24) is 25.2 Å². The number of benzene rings is 2. The van der Waals surface area contributed by atoms with E-state index >= 15 is 0 Å². The van der Waals surface area contributed by atoms with Gasteiger partial charge in [0.15, 0.2) is 6.61 Å². The Morgan fingerprint density at radius 3 is 2.83 bits per heavy atom. The maximum atomic E-state index is 13.4. The summed E-state index contributed by atoms with van der Waals surface area (Å²) >= 11 is 5.18. The highest BCUT2D eigenvalue weighted by molar-refractivity contribution is 7.71. The van der Waals surface area contributed by atoms with Crippen LogP contribution >= 0.6 is 12.2 Å². The Kier molecular flexibility index (Phi) is 6.23. The van der Waals surface area contributed by atoms with Crippen LogP contribution in [-0.4, -0.2) is 49.9 Å². The Bertz CT molecular complexity index is 1800. The molecule has 3 heterocycles. The summed E-state index contributed by atoms with van der Waals surface area (Å²) in [6.07, 6.45) is 1.18. The van der Waals surface area contributed by atoms with E-state index < -0.39 is 17.8 Å². The second-order valence-corrected chi connectivity index (χ2v) is 9.59. The summed E-state index contributed by atoms with van der Waals surface area (Å²) in [4.78, 5) is 53.4. The molecule has 4 aromatic rings. The molecule has 1 aliphatic heterocycles. The Balaban J connectivity index is 1.23. The maximum Gasteiger partial charge on any atom is 0.335 e. The van der Waals surface area contributed by atoms with E-state index in [2.05, 4.69) is 26.1 Å². The Morgan fingerprint density at radius 1 is 1.15 bits per heavy atom. The molecule has 0 bridgehead atoms. The fourth-order valence-corrected chi connectivity index (χ4v) is 5.00. The molecule has 3 amide bonds. The monoisotopic (exact) mass is 560 g/mol. The van der Waals surface area contributed by atoms with Crippen molar-refractivity contribution >= 4 is 47.4 Å². The van der Waals surface area contributed by atoms with Crippen molar-refractivity contribution in [1.29, 1.82) is 0 Å². The van der Waals surface area contributed by atoms with Gasteiger partial charge >= 0.3 is 10.8 Å². The van der Waals surface area contributed by atoms with Gasteiger partial charge in [-0.2, -0.15) is 0 Å². The first kappa shape index (κ1) is 25.2. The minimum absolute atomic E-state index is 0.00523. The summed E-state index contributed by atoms with van der Waals surface area (Å²) in [5.74, 6) is -1.92. The third-order valence-corrected chi connectivity index (χ3v) is 6.95. The lowest BCUT2D eigenvalue weighted by Crippen LogP contribution is -2.30. The lowest BCUT2D eigenvalue weighted by Gasteiger charge is -2.18. The number of hydrogen-bond acceptors (Lipinski definition) is 9.